The normalized spacial score (nSPS) is 24.8. The average molecular weight is 395 g/mol. The van der Waals surface area contributed by atoms with Crippen LogP contribution in [0, 0.1) is 0 Å². The molecule has 2 aliphatic rings. The fourth-order valence-corrected chi connectivity index (χ4v) is 3.20. The summed E-state index contributed by atoms with van der Waals surface area (Å²) in [5.41, 5.74) is 1.78. The molecule has 0 spiro atoms. The van der Waals surface area contributed by atoms with E-state index in [-0.39, 0.29) is 25.7 Å². The van der Waals surface area contributed by atoms with E-state index in [1.807, 2.05) is 39.8 Å². The van der Waals surface area contributed by atoms with Crippen LogP contribution in [0.25, 0.3) is 0 Å². The van der Waals surface area contributed by atoms with Gasteiger partial charge in [-0.15, -0.1) is 0 Å². The lowest BCUT2D eigenvalue weighted by Gasteiger charge is -2.32. The molecule has 0 aromatic heterocycles. The molecule has 1 saturated heterocycles. The van der Waals surface area contributed by atoms with E-state index >= 15 is 0 Å². The van der Waals surface area contributed by atoms with Crippen LogP contribution in [0.15, 0.2) is 34.6 Å². The summed E-state index contributed by atoms with van der Waals surface area (Å²) in [6.45, 7) is 8.94. The molecular weight excluding hydrogens is 360 g/mol. The van der Waals surface area contributed by atoms with Crippen molar-refractivity contribution >= 4 is 5.97 Å². The van der Waals surface area contributed by atoms with Gasteiger partial charge in [0.1, 0.15) is 0 Å². The second kappa shape index (κ2) is 10.8. The van der Waals surface area contributed by atoms with Crippen LogP contribution in [-0.4, -0.2) is 45.0 Å². The molecule has 0 saturated carbocycles. The lowest BCUT2D eigenvalue weighted by atomic mass is 9.94. The standard InChI is InChI=1S/C22H34O6/c1-16(2)9-10-18-20(27-15-24-5)22(28-21(18)23,12-11-17(3)4)14-26-19-8-6-7-13-25-19/h9,11,19H,6-8,10,12-15H2,1-5H3/t19?,22-/m0/s1. The van der Waals surface area contributed by atoms with Crippen molar-refractivity contribution in [3.63, 3.8) is 0 Å². The lowest BCUT2D eigenvalue weighted by Crippen LogP contribution is -2.40. The van der Waals surface area contributed by atoms with Crippen molar-refractivity contribution < 1.29 is 28.5 Å². The molecule has 0 radical (unpaired) electrons. The van der Waals surface area contributed by atoms with Gasteiger partial charge >= 0.3 is 5.97 Å². The molecule has 158 valence electrons. The van der Waals surface area contributed by atoms with Gasteiger partial charge in [0, 0.05) is 26.6 Å². The van der Waals surface area contributed by atoms with Crippen LogP contribution in [-0.2, 0) is 28.5 Å². The molecule has 2 aliphatic heterocycles. The van der Waals surface area contributed by atoms with Gasteiger partial charge in [0.25, 0.3) is 0 Å². The van der Waals surface area contributed by atoms with E-state index in [2.05, 4.69) is 0 Å². The summed E-state index contributed by atoms with van der Waals surface area (Å²) in [6, 6.07) is 0. The molecule has 1 fully saturated rings. The maximum absolute atomic E-state index is 12.7. The minimum absolute atomic E-state index is 0.0425. The van der Waals surface area contributed by atoms with Crippen LogP contribution in [0.1, 0.15) is 59.8 Å². The summed E-state index contributed by atoms with van der Waals surface area (Å²) < 4.78 is 28.6. The third-order valence-corrected chi connectivity index (χ3v) is 4.74. The summed E-state index contributed by atoms with van der Waals surface area (Å²) in [7, 11) is 1.55. The highest BCUT2D eigenvalue weighted by Crippen LogP contribution is 2.39. The van der Waals surface area contributed by atoms with Gasteiger partial charge in [-0.3, -0.25) is 0 Å². The first-order valence-corrected chi connectivity index (χ1v) is 9.96. The Hall–Kier alpha value is -1.63. The number of carbonyl (C=O) groups is 1. The molecule has 2 atom stereocenters. The van der Waals surface area contributed by atoms with Crippen LogP contribution in [0.3, 0.4) is 0 Å². The number of cyclic esters (lactones) is 1. The van der Waals surface area contributed by atoms with Crippen LogP contribution in [0.5, 0.6) is 0 Å². The van der Waals surface area contributed by atoms with Gasteiger partial charge in [-0.05, 0) is 47.0 Å². The number of hydrogen-bond donors (Lipinski definition) is 0. The Morgan fingerprint density at radius 3 is 2.54 bits per heavy atom. The van der Waals surface area contributed by atoms with Gasteiger partial charge in [0.05, 0.1) is 12.2 Å². The zero-order chi connectivity index (χ0) is 20.6. The van der Waals surface area contributed by atoms with Gasteiger partial charge in [-0.2, -0.15) is 0 Å². The highest BCUT2D eigenvalue weighted by atomic mass is 16.7. The third kappa shape index (κ3) is 6.19. The molecule has 1 unspecified atom stereocenters. The van der Waals surface area contributed by atoms with Crippen LogP contribution in [0.2, 0.25) is 0 Å². The summed E-state index contributed by atoms with van der Waals surface area (Å²) in [5.74, 6) is 0.143. The first-order valence-electron chi connectivity index (χ1n) is 9.96. The van der Waals surface area contributed by atoms with E-state index in [9.17, 15) is 4.79 Å². The number of hydrogen-bond acceptors (Lipinski definition) is 6. The third-order valence-electron chi connectivity index (χ3n) is 4.74. The number of rotatable bonds is 10. The molecule has 2 rings (SSSR count). The minimum Gasteiger partial charge on any atom is -0.467 e. The molecule has 0 aromatic carbocycles. The van der Waals surface area contributed by atoms with E-state index in [1.54, 1.807) is 7.11 Å². The van der Waals surface area contributed by atoms with E-state index in [4.69, 9.17) is 23.7 Å². The Morgan fingerprint density at radius 1 is 1.18 bits per heavy atom. The van der Waals surface area contributed by atoms with Crippen LogP contribution >= 0.6 is 0 Å². The molecule has 0 N–H and O–H groups in total. The largest absolute Gasteiger partial charge is 0.467 e. The quantitative estimate of drug-likeness (QED) is 0.311. The van der Waals surface area contributed by atoms with Crippen molar-refractivity contribution in [3.05, 3.63) is 34.6 Å². The second-order valence-corrected chi connectivity index (χ2v) is 7.82. The minimum atomic E-state index is -1.00. The summed E-state index contributed by atoms with van der Waals surface area (Å²) in [4.78, 5) is 12.7. The van der Waals surface area contributed by atoms with E-state index < -0.39 is 5.60 Å². The smallest absolute Gasteiger partial charge is 0.339 e. The zero-order valence-corrected chi connectivity index (χ0v) is 17.8. The maximum Gasteiger partial charge on any atom is 0.339 e. The highest BCUT2D eigenvalue weighted by Gasteiger charge is 2.49. The Labute approximate surface area is 168 Å². The highest BCUT2D eigenvalue weighted by molar-refractivity contribution is 5.93. The Morgan fingerprint density at radius 2 is 1.93 bits per heavy atom. The van der Waals surface area contributed by atoms with E-state index in [1.165, 1.54) is 0 Å². The van der Waals surface area contributed by atoms with Gasteiger partial charge in [-0.1, -0.05) is 23.3 Å². The molecule has 0 aromatic rings. The van der Waals surface area contributed by atoms with Crippen molar-refractivity contribution in [1.82, 2.24) is 0 Å². The predicted molar refractivity (Wildman–Crippen MR) is 106 cm³/mol. The van der Waals surface area contributed by atoms with Crippen molar-refractivity contribution in [1.29, 1.82) is 0 Å². The van der Waals surface area contributed by atoms with Crippen LogP contribution in [0.4, 0.5) is 0 Å². The van der Waals surface area contributed by atoms with E-state index in [0.717, 1.165) is 30.4 Å². The van der Waals surface area contributed by atoms with Crippen LogP contribution < -0.4 is 0 Å². The number of esters is 1. The molecule has 2 heterocycles. The fraction of sp³-hybridized carbons (Fsp3) is 0.682. The van der Waals surface area contributed by atoms with Gasteiger partial charge in [-0.25, -0.2) is 4.79 Å². The Balaban J connectivity index is 2.33. The van der Waals surface area contributed by atoms with E-state index in [0.29, 0.717) is 30.8 Å². The molecule has 28 heavy (non-hydrogen) atoms. The van der Waals surface area contributed by atoms with Gasteiger partial charge in [0.2, 0.25) is 0 Å². The van der Waals surface area contributed by atoms with Crippen molar-refractivity contribution in [2.75, 3.05) is 27.1 Å². The number of carbonyl (C=O) groups excluding carboxylic acids is 1. The first kappa shape index (κ1) is 22.7. The molecule has 0 bridgehead atoms. The summed E-state index contributed by atoms with van der Waals surface area (Å²) in [5, 5.41) is 0. The monoisotopic (exact) mass is 394 g/mol. The number of allylic oxidation sites excluding steroid dienone is 3. The topological polar surface area (TPSA) is 63.2 Å². The molecule has 0 aliphatic carbocycles. The lowest BCUT2D eigenvalue weighted by molar-refractivity contribution is -0.198. The van der Waals surface area contributed by atoms with Crippen molar-refractivity contribution in [2.24, 2.45) is 0 Å². The first-order chi connectivity index (χ1) is 13.4. The fourth-order valence-electron chi connectivity index (χ4n) is 3.20. The molecule has 6 heteroatoms. The zero-order valence-electron chi connectivity index (χ0n) is 17.8. The molecule has 6 nitrogen and oxygen atoms in total. The predicted octanol–water partition coefficient (Wildman–Crippen LogP) is 4.41. The van der Waals surface area contributed by atoms with Gasteiger partial charge in [0.15, 0.2) is 24.4 Å². The maximum atomic E-state index is 12.7. The summed E-state index contributed by atoms with van der Waals surface area (Å²) in [6.07, 6.45) is 7.65. The van der Waals surface area contributed by atoms with Gasteiger partial charge < -0.3 is 23.7 Å². The average Bonchev–Trinajstić information content (AvgIpc) is 2.93. The Bertz CT molecular complexity index is 619. The number of methoxy groups -OCH3 is 1. The van der Waals surface area contributed by atoms with Crippen molar-refractivity contribution in [3.8, 4) is 0 Å². The van der Waals surface area contributed by atoms with Crippen molar-refractivity contribution in [2.45, 2.75) is 71.7 Å². The number of ether oxygens (including phenoxy) is 5. The SMILES string of the molecule is COCOC1=C(CC=C(C)C)C(=O)O[C@@]1(CC=C(C)C)COC1CCCCO1. The molecule has 0 amide bonds. The summed E-state index contributed by atoms with van der Waals surface area (Å²) >= 11 is 0. The Kier molecular flexibility index (Phi) is 8.73. The second-order valence-electron chi connectivity index (χ2n) is 7.82. The molecular formula is C22H34O6.